The van der Waals surface area contributed by atoms with Gasteiger partial charge in [-0.2, -0.15) is 0 Å². The maximum Gasteiger partial charge on any atom is 0.264 e. The van der Waals surface area contributed by atoms with Crippen molar-refractivity contribution in [1.29, 1.82) is 0 Å². The fourth-order valence-electron chi connectivity index (χ4n) is 1.07. The van der Waals surface area contributed by atoms with E-state index in [-0.39, 0.29) is 10.0 Å². The Balaban J connectivity index is 2.41. The van der Waals surface area contributed by atoms with E-state index in [0.717, 1.165) is 11.5 Å². The van der Waals surface area contributed by atoms with Crippen LogP contribution in [0.15, 0.2) is 27.6 Å². The molecule has 0 radical (unpaired) electrons. The van der Waals surface area contributed by atoms with Gasteiger partial charge in [0, 0.05) is 21.7 Å². The smallest absolute Gasteiger partial charge is 0.264 e. The second-order valence-electron chi connectivity index (χ2n) is 2.96. The third-order valence-electron chi connectivity index (χ3n) is 1.77. The maximum absolute atomic E-state index is 12.0. The minimum atomic E-state index is -3.75. The van der Waals surface area contributed by atoms with Gasteiger partial charge in [-0.15, -0.1) is 0 Å². The summed E-state index contributed by atoms with van der Waals surface area (Å²) in [5.41, 5.74) is 5.90. The van der Waals surface area contributed by atoms with Crippen molar-refractivity contribution in [3.63, 3.8) is 0 Å². The summed E-state index contributed by atoms with van der Waals surface area (Å²) in [6.45, 7) is 0. The van der Waals surface area contributed by atoms with Gasteiger partial charge in [-0.1, -0.05) is 9.59 Å². The molecule has 17 heavy (non-hydrogen) atoms. The Morgan fingerprint density at radius 2 is 2.18 bits per heavy atom. The van der Waals surface area contributed by atoms with E-state index in [9.17, 15) is 8.42 Å². The summed E-state index contributed by atoms with van der Waals surface area (Å²) in [4.78, 5) is 0.0349. The summed E-state index contributed by atoms with van der Waals surface area (Å²) < 4.78 is 30.1. The van der Waals surface area contributed by atoms with Crippen LogP contribution < -0.4 is 10.5 Å². The summed E-state index contributed by atoms with van der Waals surface area (Å²) in [5, 5.41) is 6.89. The number of nitrogens with one attached hydrogen (secondary N) is 1. The van der Waals surface area contributed by atoms with Crippen molar-refractivity contribution in [3.05, 3.63) is 22.7 Å². The van der Waals surface area contributed by atoms with E-state index in [1.165, 1.54) is 6.07 Å². The Bertz CT molecular complexity index is 628. The lowest BCUT2D eigenvalue weighted by Crippen LogP contribution is -2.13. The van der Waals surface area contributed by atoms with Gasteiger partial charge in [0.25, 0.3) is 10.0 Å². The molecule has 0 amide bonds. The van der Waals surface area contributed by atoms with Gasteiger partial charge in [-0.25, -0.2) is 8.42 Å². The molecule has 10 heteroatoms. The molecule has 1 heterocycles. The molecule has 0 spiro atoms. The zero-order valence-electron chi connectivity index (χ0n) is 8.16. The second-order valence-corrected chi connectivity index (χ2v) is 6.20. The molecule has 0 unspecified atom stereocenters. The summed E-state index contributed by atoms with van der Waals surface area (Å²) in [7, 11) is -3.75. The van der Waals surface area contributed by atoms with Gasteiger partial charge in [-0.05, 0) is 39.3 Å². The summed E-state index contributed by atoms with van der Waals surface area (Å²) >= 11 is 3.99. The van der Waals surface area contributed by atoms with Gasteiger partial charge in [0.2, 0.25) is 5.13 Å². The van der Waals surface area contributed by atoms with Crippen LogP contribution in [0.5, 0.6) is 0 Å². The molecule has 0 atom stereocenters. The molecule has 2 rings (SSSR count). The van der Waals surface area contributed by atoms with E-state index in [4.69, 9.17) is 5.73 Å². The molecule has 0 fully saturated rings. The van der Waals surface area contributed by atoms with Crippen LogP contribution in [0.4, 0.5) is 10.8 Å². The SMILES string of the molecule is Nc1ccc(Br)c(S(=O)(=O)Nc2nnns2)c1. The van der Waals surface area contributed by atoms with Crippen molar-refractivity contribution in [2.45, 2.75) is 4.90 Å². The summed E-state index contributed by atoms with van der Waals surface area (Å²) in [6.07, 6.45) is 0. The Morgan fingerprint density at radius 3 is 2.82 bits per heavy atom. The Labute approximate surface area is 109 Å². The van der Waals surface area contributed by atoms with Gasteiger partial charge in [-0.3, -0.25) is 4.72 Å². The largest absolute Gasteiger partial charge is 0.399 e. The number of hydrogen-bond acceptors (Lipinski definition) is 7. The zero-order valence-corrected chi connectivity index (χ0v) is 11.4. The van der Waals surface area contributed by atoms with Crippen LogP contribution >= 0.6 is 27.5 Å². The molecule has 7 nitrogen and oxygen atoms in total. The second kappa shape index (κ2) is 4.55. The highest BCUT2D eigenvalue weighted by atomic mass is 79.9. The number of nitrogens with two attached hydrogens (primary N) is 1. The van der Waals surface area contributed by atoms with Crippen LogP contribution in [-0.4, -0.2) is 23.2 Å². The zero-order chi connectivity index (χ0) is 12.5. The molecule has 2 aromatic rings. The molecular weight excluding hydrogens is 330 g/mol. The Kier molecular flexibility index (Phi) is 3.26. The molecule has 0 aliphatic carbocycles. The number of hydrogen-bond donors (Lipinski definition) is 2. The van der Waals surface area contributed by atoms with E-state index < -0.39 is 10.0 Å². The molecule has 0 saturated heterocycles. The quantitative estimate of drug-likeness (QED) is 0.812. The normalized spacial score (nSPS) is 11.4. The van der Waals surface area contributed by atoms with Crippen molar-refractivity contribution in [2.75, 3.05) is 10.5 Å². The van der Waals surface area contributed by atoms with Gasteiger partial charge >= 0.3 is 0 Å². The van der Waals surface area contributed by atoms with E-state index in [0.29, 0.717) is 10.2 Å². The van der Waals surface area contributed by atoms with Crippen LogP contribution in [0.1, 0.15) is 0 Å². The minimum absolute atomic E-state index is 0.0349. The van der Waals surface area contributed by atoms with Crippen LogP contribution in [0.3, 0.4) is 0 Å². The molecule has 0 bridgehead atoms. The molecular formula is C7H6BrN5O2S2. The number of benzene rings is 1. The van der Waals surface area contributed by atoms with Crippen LogP contribution in [0.2, 0.25) is 0 Å². The lowest BCUT2D eigenvalue weighted by molar-refractivity contribution is 0.600. The number of sulfonamides is 1. The highest BCUT2D eigenvalue weighted by molar-refractivity contribution is 9.10. The average molecular weight is 336 g/mol. The number of halogens is 1. The fraction of sp³-hybridized carbons (Fsp3) is 0. The summed E-state index contributed by atoms with van der Waals surface area (Å²) in [5.74, 6) is 0. The van der Waals surface area contributed by atoms with Gasteiger partial charge in [0.15, 0.2) is 0 Å². The minimum Gasteiger partial charge on any atom is -0.399 e. The monoisotopic (exact) mass is 335 g/mol. The van der Waals surface area contributed by atoms with Crippen LogP contribution in [0.25, 0.3) is 0 Å². The first kappa shape index (κ1) is 12.2. The number of anilines is 2. The third kappa shape index (κ3) is 2.70. The lowest BCUT2D eigenvalue weighted by Gasteiger charge is -2.07. The predicted octanol–water partition coefficient (Wildman–Crippen LogP) is 1.08. The first-order valence-electron chi connectivity index (χ1n) is 4.22. The van der Waals surface area contributed by atoms with E-state index in [2.05, 4.69) is 35.5 Å². The van der Waals surface area contributed by atoms with Crippen molar-refractivity contribution in [3.8, 4) is 0 Å². The average Bonchev–Trinajstić information content (AvgIpc) is 2.73. The molecule has 0 aliphatic heterocycles. The molecule has 0 saturated carbocycles. The lowest BCUT2D eigenvalue weighted by atomic mass is 10.3. The Morgan fingerprint density at radius 1 is 1.41 bits per heavy atom. The van der Waals surface area contributed by atoms with E-state index >= 15 is 0 Å². The molecule has 3 N–H and O–H groups in total. The predicted molar refractivity (Wildman–Crippen MR) is 67.1 cm³/mol. The van der Waals surface area contributed by atoms with Crippen molar-refractivity contribution in [2.24, 2.45) is 0 Å². The van der Waals surface area contributed by atoms with Crippen molar-refractivity contribution >= 4 is 48.3 Å². The van der Waals surface area contributed by atoms with E-state index in [1.54, 1.807) is 12.1 Å². The fourth-order valence-corrected chi connectivity index (χ4v) is 3.65. The van der Waals surface area contributed by atoms with Gasteiger partial charge < -0.3 is 5.73 Å². The topological polar surface area (TPSA) is 111 Å². The molecule has 0 aliphatic rings. The van der Waals surface area contributed by atoms with Crippen LogP contribution in [0, 0.1) is 0 Å². The molecule has 90 valence electrons. The van der Waals surface area contributed by atoms with Crippen molar-refractivity contribution < 1.29 is 8.42 Å². The molecule has 1 aromatic heterocycles. The van der Waals surface area contributed by atoms with Crippen molar-refractivity contribution in [1.82, 2.24) is 14.8 Å². The number of nitrogens with zero attached hydrogens (tertiary/aromatic N) is 3. The van der Waals surface area contributed by atoms with Crippen LogP contribution in [-0.2, 0) is 10.0 Å². The highest BCUT2D eigenvalue weighted by Gasteiger charge is 2.19. The first-order valence-corrected chi connectivity index (χ1v) is 7.27. The third-order valence-corrected chi connectivity index (χ3v) is 4.74. The number of aromatic nitrogens is 3. The standard InChI is InChI=1S/C7H6BrN5O2S2/c8-5-2-1-4(9)3-6(5)17(14,15)11-7-10-12-13-16-7/h1-3H,9H2,(H,10,11,13). The van der Waals surface area contributed by atoms with Gasteiger partial charge in [0.05, 0.1) is 0 Å². The Hall–Kier alpha value is -1.26. The summed E-state index contributed by atoms with van der Waals surface area (Å²) in [6, 6.07) is 4.50. The number of rotatable bonds is 3. The molecule has 1 aromatic carbocycles. The number of nitrogen functional groups attached to an aromatic ring is 1. The highest BCUT2D eigenvalue weighted by Crippen LogP contribution is 2.26. The maximum atomic E-state index is 12.0. The first-order chi connectivity index (χ1) is 7.99. The van der Waals surface area contributed by atoms with Gasteiger partial charge in [0.1, 0.15) is 4.90 Å². The van der Waals surface area contributed by atoms with E-state index in [1.807, 2.05) is 0 Å².